The molecule has 4 nitrogen and oxygen atoms in total. The summed E-state index contributed by atoms with van der Waals surface area (Å²) in [5.74, 6) is 1.61. The molecule has 0 heterocycles. The maximum atomic E-state index is 11.4. The maximum absolute atomic E-state index is 11.4. The van der Waals surface area contributed by atoms with Crippen LogP contribution < -0.4 is 14.8 Å². The smallest absolute Gasteiger partial charge is 0.220 e. The molecule has 0 aliphatic carbocycles. The number of benzene rings is 1. The minimum Gasteiger partial charge on any atom is -0.497 e. The first-order chi connectivity index (χ1) is 8.21. The summed E-state index contributed by atoms with van der Waals surface area (Å²) in [7, 11) is 3.24. The largest absolute Gasteiger partial charge is 0.497 e. The molecule has 0 saturated heterocycles. The van der Waals surface area contributed by atoms with Crippen molar-refractivity contribution in [3.8, 4) is 11.5 Å². The second-order valence-electron chi connectivity index (χ2n) is 3.63. The summed E-state index contributed by atoms with van der Waals surface area (Å²) in [6, 6.07) is 5.60. The summed E-state index contributed by atoms with van der Waals surface area (Å²) >= 11 is 0. The number of hydrogen-bond acceptors (Lipinski definition) is 3. The van der Waals surface area contributed by atoms with Gasteiger partial charge in [-0.05, 0) is 37.1 Å². The summed E-state index contributed by atoms with van der Waals surface area (Å²) in [6.45, 7) is 2.57. The number of rotatable bonds is 6. The van der Waals surface area contributed by atoms with Crippen LogP contribution in [0.1, 0.15) is 18.9 Å². The van der Waals surface area contributed by atoms with E-state index in [2.05, 4.69) is 5.32 Å². The third kappa shape index (κ3) is 3.98. The minimum absolute atomic E-state index is 0.0531. The Labute approximate surface area is 102 Å². The monoisotopic (exact) mass is 237 g/mol. The number of nitrogens with one attached hydrogen (secondary N) is 1. The van der Waals surface area contributed by atoms with Gasteiger partial charge in [0.05, 0.1) is 14.2 Å². The van der Waals surface area contributed by atoms with Gasteiger partial charge in [0.1, 0.15) is 11.5 Å². The molecule has 1 N–H and O–H groups in total. The van der Waals surface area contributed by atoms with Gasteiger partial charge < -0.3 is 14.8 Å². The van der Waals surface area contributed by atoms with Crippen LogP contribution in [0.4, 0.5) is 0 Å². The van der Waals surface area contributed by atoms with E-state index in [0.717, 1.165) is 17.1 Å². The molecule has 1 aromatic carbocycles. The number of amides is 1. The molecule has 1 aromatic rings. The Hall–Kier alpha value is -1.71. The zero-order valence-corrected chi connectivity index (χ0v) is 10.6. The number of hydrogen-bond donors (Lipinski definition) is 1. The molecule has 0 atom stereocenters. The Morgan fingerprint density at radius 1 is 1.29 bits per heavy atom. The fourth-order valence-electron chi connectivity index (χ4n) is 1.61. The van der Waals surface area contributed by atoms with Gasteiger partial charge in [-0.2, -0.15) is 0 Å². The Morgan fingerprint density at radius 2 is 2.06 bits per heavy atom. The molecule has 0 aliphatic rings. The van der Waals surface area contributed by atoms with Gasteiger partial charge in [0.15, 0.2) is 0 Å². The van der Waals surface area contributed by atoms with Gasteiger partial charge in [-0.25, -0.2) is 0 Å². The number of carbonyl (C=O) groups excluding carboxylic acids is 1. The highest BCUT2D eigenvalue weighted by molar-refractivity contribution is 5.76. The molecule has 0 bridgehead atoms. The first-order valence-electron chi connectivity index (χ1n) is 5.68. The SMILES string of the molecule is CCNC(=O)CCc1cc(OC)ccc1OC. The fraction of sp³-hybridized carbons (Fsp3) is 0.462. The highest BCUT2D eigenvalue weighted by Crippen LogP contribution is 2.24. The molecule has 0 spiro atoms. The highest BCUT2D eigenvalue weighted by atomic mass is 16.5. The zero-order chi connectivity index (χ0) is 12.7. The van der Waals surface area contributed by atoms with Crippen molar-refractivity contribution in [3.63, 3.8) is 0 Å². The average molecular weight is 237 g/mol. The zero-order valence-electron chi connectivity index (χ0n) is 10.6. The predicted molar refractivity (Wildman–Crippen MR) is 66.6 cm³/mol. The highest BCUT2D eigenvalue weighted by Gasteiger charge is 2.07. The van der Waals surface area contributed by atoms with Gasteiger partial charge in [0, 0.05) is 13.0 Å². The van der Waals surface area contributed by atoms with E-state index in [4.69, 9.17) is 9.47 Å². The van der Waals surface area contributed by atoms with E-state index in [1.54, 1.807) is 14.2 Å². The summed E-state index contributed by atoms with van der Waals surface area (Å²) in [5, 5.41) is 2.77. The van der Waals surface area contributed by atoms with E-state index in [-0.39, 0.29) is 5.91 Å². The average Bonchev–Trinajstić information content (AvgIpc) is 2.36. The molecule has 1 rings (SSSR count). The molecule has 1 amide bonds. The Kier molecular flexibility index (Phi) is 5.33. The predicted octanol–water partition coefficient (Wildman–Crippen LogP) is 1.77. The molecule has 4 heteroatoms. The lowest BCUT2D eigenvalue weighted by molar-refractivity contribution is -0.120. The van der Waals surface area contributed by atoms with Crippen LogP contribution in [0.25, 0.3) is 0 Å². The fourth-order valence-corrected chi connectivity index (χ4v) is 1.61. The van der Waals surface area contributed by atoms with Crippen molar-refractivity contribution in [1.29, 1.82) is 0 Å². The van der Waals surface area contributed by atoms with E-state index in [1.165, 1.54) is 0 Å². The lowest BCUT2D eigenvalue weighted by Gasteiger charge is -2.10. The van der Waals surface area contributed by atoms with Crippen LogP contribution in [0.3, 0.4) is 0 Å². The van der Waals surface area contributed by atoms with Crippen LogP contribution >= 0.6 is 0 Å². The summed E-state index contributed by atoms with van der Waals surface area (Å²) in [5.41, 5.74) is 0.984. The maximum Gasteiger partial charge on any atom is 0.220 e. The van der Waals surface area contributed by atoms with E-state index in [0.29, 0.717) is 19.4 Å². The lowest BCUT2D eigenvalue weighted by atomic mass is 10.1. The molecule has 17 heavy (non-hydrogen) atoms. The van der Waals surface area contributed by atoms with Crippen LogP contribution in [0.5, 0.6) is 11.5 Å². The van der Waals surface area contributed by atoms with Crippen LogP contribution in [-0.2, 0) is 11.2 Å². The van der Waals surface area contributed by atoms with Crippen molar-refractivity contribution in [3.05, 3.63) is 23.8 Å². The normalized spacial score (nSPS) is 9.82. The third-order valence-electron chi connectivity index (χ3n) is 2.48. The van der Waals surface area contributed by atoms with Crippen molar-refractivity contribution < 1.29 is 14.3 Å². The molecule has 0 aliphatic heterocycles. The van der Waals surface area contributed by atoms with E-state index >= 15 is 0 Å². The molecule has 0 saturated carbocycles. The van der Waals surface area contributed by atoms with Gasteiger partial charge >= 0.3 is 0 Å². The molecule has 0 radical (unpaired) electrons. The first-order valence-corrected chi connectivity index (χ1v) is 5.68. The quantitative estimate of drug-likeness (QED) is 0.820. The molecule has 0 aromatic heterocycles. The molecular weight excluding hydrogens is 218 g/mol. The van der Waals surface area contributed by atoms with Gasteiger partial charge in [-0.1, -0.05) is 0 Å². The Bertz CT molecular complexity index is 377. The number of methoxy groups -OCH3 is 2. The van der Waals surface area contributed by atoms with Crippen LogP contribution in [0.2, 0.25) is 0 Å². The van der Waals surface area contributed by atoms with Gasteiger partial charge in [-0.15, -0.1) is 0 Å². The van der Waals surface area contributed by atoms with Crippen LogP contribution in [-0.4, -0.2) is 26.7 Å². The van der Waals surface area contributed by atoms with Crippen molar-refractivity contribution in [2.75, 3.05) is 20.8 Å². The summed E-state index contributed by atoms with van der Waals surface area (Å²) in [6.07, 6.45) is 1.10. The van der Waals surface area contributed by atoms with Crippen molar-refractivity contribution in [2.24, 2.45) is 0 Å². The molecule has 0 unspecified atom stereocenters. The minimum atomic E-state index is 0.0531. The Balaban J connectivity index is 2.70. The van der Waals surface area contributed by atoms with Crippen LogP contribution in [0.15, 0.2) is 18.2 Å². The number of carbonyl (C=O) groups is 1. The number of ether oxygens (including phenoxy) is 2. The van der Waals surface area contributed by atoms with Gasteiger partial charge in [0.2, 0.25) is 5.91 Å². The Morgan fingerprint density at radius 3 is 2.65 bits per heavy atom. The lowest BCUT2D eigenvalue weighted by Crippen LogP contribution is -2.22. The van der Waals surface area contributed by atoms with E-state index in [1.807, 2.05) is 25.1 Å². The number of aryl methyl sites for hydroxylation is 1. The van der Waals surface area contributed by atoms with Crippen LogP contribution in [0, 0.1) is 0 Å². The summed E-state index contributed by atoms with van der Waals surface area (Å²) < 4.78 is 10.4. The van der Waals surface area contributed by atoms with Crippen molar-refractivity contribution >= 4 is 5.91 Å². The van der Waals surface area contributed by atoms with Crippen molar-refractivity contribution in [2.45, 2.75) is 19.8 Å². The molecular formula is C13H19NO3. The van der Waals surface area contributed by atoms with E-state index in [9.17, 15) is 4.79 Å². The second-order valence-corrected chi connectivity index (χ2v) is 3.63. The van der Waals surface area contributed by atoms with Gasteiger partial charge in [-0.3, -0.25) is 4.79 Å². The standard InChI is InChI=1S/C13H19NO3/c1-4-14-13(15)8-5-10-9-11(16-2)6-7-12(10)17-3/h6-7,9H,4-5,8H2,1-3H3,(H,14,15). The molecule has 94 valence electrons. The topological polar surface area (TPSA) is 47.6 Å². The third-order valence-corrected chi connectivity index (χ3v) is 2.48. The second kappa shape index (κ2) is 6.78. The van der Waals surface area contributed by atoms with Gasteiger partial charge in [0.25, 0.3) is 0 Å². The first kappa shape index (κ1) is 13.4. The summed E-state index contributed by atoms with van der Waals surface area (Å²) in [4.78, 5) is 11.4. The van der Waals surface area contributed by atoms with E-state index < -0.39 is 0 Å². The molecule has 0 fully saturated rings. The van der Waals surface area contributed by atoms with Crippen molar-refractivity contribution in [1.82, 2.24) is 5.32 Å².